The first-order chi connectivity index (χ1) is 29.5. The van der Waals surface area contributed by atoms with Crippen molar-refractivity contribution >= 4 is 69.4 Å². The molecule has 12 nitrogen and oxygen atoms in total. The number of piperazine rings is 1. The van der Waals surface area contributed by atoms with E-state index in [4.69, 9.17) is 9.72 Å². The van der Waals surface area contributed by atoms with Gasteiger partial charge in [-0.2, -0.15) is 4.98 Å². The number of aromatic nitrogens is 2. The molecule has 1 radical (unpaired) electrons. The van der Waals surface area contributed by atoms with E-state index in [0.29, 0.717) is 42.1 Å². The van der Waals surface area contributed by atoms with Crippen LogP contribution in [0, 0.1) is 11.6 Å². The van der Waals surface area contributed by atoms with E-state index in [1.807, 2.05) is 24.3 Å². The topological polar surface area (TPSA) is 135 Å². The highest BCUT2D eigenvalue weighted by molar-refractivity contribution is 9.10. The fourth-order valence-electron chi connectivity index (χ4n) is 9.46. The number of nitrogens with zero attached hydrogens (tertiary/aromatic N) is 5. The third-order valence-electron chi connectivity index (χ3n) is 12.9. The maximum absolute atomic E-state index is 15.1. The number of rotatable bonds is 13. The first kappa shape index (κ1) is 43.4. The van der Waals surface area contributed by atoms with Gasteiger partial charge in [-0.3, -0.25) is 19.8 Å². The molecular weight excluding hydrogens is 865 g/mol. The number of ether oxygens (including phenoxy) is 1. The zero-order chi connectivity index (χ0) is 42.7. The molecule has 4 N–H and O–H groups in total. The average Bonchev–Trinajstić information content (AvgIpc) is 3.72. The lowest BCUT2D eigenvalue weighted by molar-refractivity contribution is -0.134. The Labute approximate surface area is 365 Å². The summed E-state index contributed by atoms with van der Waals surface area (Å²) in [7, 11) is -0.510. The quantitative estimate of drug-likeness (QED) is 0.0798. The number of hydrogen-bond donors (Lipinski definition) is 4. The molecule has 0 saturated carbocycles. The normalized spacial score (nSPS) is 20.2. The van der Waals surface area contributed by atoms with Crippen LogP contribution < -0.4 is 30.9 Å². The molecule has 1 unspecified atom stereocenters. The molecule has 1 aromatic heterocycles. The van der Waals surface area contributed by atoms with Gasteiger partial charge >= 0.3 is 0 Å². The second-order valence-electron chi connectivity index (χ2n) is 16.6. The molecule has 0 spiro atoms. The Morgan fingerprint density at radius 2 is 1.67 bits per heavy atom. The number of carbonyl (C=O) groups is 2. The van der Waals surface area contributed by atoms with Crippen molar-refractivity contribution in [1.82, 2.24) is 25.1 Å². The Kier molecular flexibility index (Phi) is 13.5. The van der Waals surface area contributed by atoms with Gasteiger partial charge in [-0.1, -0.05) is 25.1 Å². The third-order valence-corrected chi connectivity index (χ3v) is 16.8. The summed E-state index contributed by atoms with van der Waals surface area (Å²) in [5, 5.41) is 10.1. The van der Waals surface area contributed by atoms with Crippen molar-refractivity contribution in [2.24, 2.45) is 0 Å². The van der Waals surface area contributed by atoms with E-state index < -0.39 is 36.9 Å². The lowest BCUT2D eigenvalue weighted by Gasteiger charge is -2.43. The second kappa shape index (κ2) is 19.0. The molecule has 4 saturated heterocycles. The molecule has 8 rings (SSSR count). The van der Waals surface area contributed by atoms with Gasteiger partial charge in [-0.05, 0) is 109 Å². The number of carbonyl (C=O) groups excluding carboxylic acids is 2. The molecule has 3 aromatic carbocycles. The third kappa shape index (κ3) is 9.71. The predicted molar refractivity (Wildman–Crippen MR) is 241 cm³/mol. The standard InChI is InChI=1S/C45H55BrF2N8O4P/c1-3-30-26-37(51-45-49-28-33(46)43(53-45)50-36-8-4-5-9-40(36)61(59)22-6-7-23-61)39(60-2)27-38(30)56-16-13-31(14-17-56)55-20-18-54(19-21-55)15-12-29-24-34(47)42(35(48)25-29)32-10-11-41(57)52-44(32)58/h4-5,8-9,24-28,31-32,59H,3,6-7,10-23H2,1-2H3,(H,52,57,58)(H2,49,50,51,53). The van der Waals surface area contributed by atoms with Gasteiger partial charge in [0.1, 0.15) is 23.2 Å². The summed E-state index contributed by atoms with van der Waals surface area (Å²) in [6, 6.07) is 15.4. The zero-order valence-electron chi connectivity index (χ0n) is 34.9. The summed E-state index contributed by atoms with van der Waals surface area (Å²) in [5.41, 5.74) is 4.36. The molecule has 2 amide bonds. The fraction of sp³-hybridized carbons (Fsp3) is 0.467. The Bertz CT molecular complexity index is 2230. The number of para-hydroxylation sites is 1. The Hall–Kier alpha value is -4.27. The summed E-state index contributed by atoms with van der Waals surface area (Å²) in [6.45, 7) is 8.41. The van der Waals surface area contributed by atoms with Crippen molar-refractivity contribution in [3.63, 3.8) is 0 Å². The van der Waals surface area contributed by atoms with Crippen LogP contribution in [0.2, 0.25) is 0 Å². The number of imide groups is 1. The minimum absolute atomic E-state index is 0.0691. The molecule has 4 aromatic rings. The minimum Gasteiger partial charge on any atom is -0.494 e. The van der Waals surface area contributed by atoms with Gasteiger partial charge in [0.05, 0.1) is 23.2 Å². The second-order valence-corrected chi connectivity index (χ2v) is 20.7. The van der Waals surface area contributed by atoms with Gasteiger partial charge in [0.25, 0.3) is 0 Å². The van der Waals surface area contributed by atoms with Crippen molar-refractivity contribution in [2.45, 2.75) is 70.3 Å². The van der Waals surface area contributed by atoms with E-state index in [9.17, 15) is 14.5 Å². The van der Waals surface area contributed by atoms with Crippen LogP contribution >= 0.6 is 23.4 Å². The lowest BCUT2D eigenvalue weighted by atomic mass is 9.89. The highest BCUT2D eigenvalue weighted by Gasteiger charge is 2.35. The van der Waals surface area contributed by atoms with Gasteiger partial charge in [0, 0.05) is 100 Å². The molecule has 4 fully saturated rings. The number of halogens is 3. The van der Waals surface area contributed by atoms with Gasteiger partial charge in [-0.15, -0.1) is 0 Å². The van der Waals surface area contributed by atoms with E-state index in [1.54, 1.807) is 13.3 Å². The van der Waals surface area contributed by atoms with Crippen molar-refractivity contribution in [2.75, 3.05) is 80.8 Å². The maximum Gasteiger partial charge on any atom is 0.234 e. The van der Waals surface area contributed by atoms with E-state index in [1.165, 1.54) is 23.4 Å². The SMILES string of the molecule is CCc1cc(Nc2ncc(Br)c(Nc3ccccc3[P]3(O)CCCC3)n2)c(OC)cc1N1CCC(N2CCN(CCc3cc(F)c(C4CCC(=O)NC4=O)c(F)c3)CC2)CC1. The van der Waals surface area contributed by atoms with E-state index in [2.05, 4.69) is 70.6 Å². The van der Waals surface area contributed by atoms with Crippen LogP contribution in [0.3, 0.4) is 0 Å². The van der Waals surface area contributed by atoms with Crippen LogP contribution in [-0.2, 0) is 22.4 Å². The number of aryl methyl sites for hydroxylation is 1. The van der Waals surface area contributed by atoms with Gasteiger partial charge in [0.2, 0.25) is 17.8 Å². The highest BCUT2D eigenvalue weighted by Crippen LogP contribution is 2.60. The largest absolute Gasteiger partial charge is 0.494 e. The molecule has 0 bridgehead atoms. The lowest BCUT2D eigenvalue weighted by Crippen LogP contribution is -2.53. The van der Waals surface area contributed by atoms with E-state index >= 15 is 8.78 Å². The van der Waals surface area contributed by atoms with E-state index in [0.717, 1.165) is 105 Å². The summed E-state index contributed by atoms with van der Waals surface area (Å²) < 4.78 is 36.8. The first-order valence-electron chi connectivity index (χ1n) is 21.5. The van der Waals surface area contributed by atoms with Gasteiger partial charge < -0.3 is 30.1 Å². The molecule has 325 valence electrons. The molecule has 16 heteroatoms. The van der Waals surface area contributed by atoms with Gasteiger partial charge in [0.15, 0.2) is 0 Å². The molecule has 0 aliphatic carbocycles. The van der Waals surface area contributed by atoms with Crippen LogP contribution in [0.1, 0.15) is 68.1 Å². The molecule has 4 aliphatic rings. The van der Waals surface area contributed by atoms with Crippen LogP contribution in [0.25, 0.3) is 0 Å². The van der Waals surface area contributed by atoms with Crippen molar-refractivity contribution < 1.29 is 28.0 Å². The number of anilines is 5. The molecule has 5 heterocycles. The smallest absolute Gasteiger partial charge is 0.234 e. The molecular formula is C45H55BrF2N8O4P. The van der Waals surface area contributed by atoms with Crippen LogP contribution in [-0.4, -0.2) is 108 Å². The summed E-state index contributed by atoms with van der Waals surface area (Å²) in [6.07, 6.45) is 9.16. The number of benzene rings is 3. The van der Waals surface area contributed by atoms with Crippen LogP contribution in [0.4, 0.5) is 37.6 Å². The number of hydrogen-bond acceptors (Lipinski definition) is 11. The fourth-order valence-corrected chi connectivity index (χ4v) is 12.9. The first-order valence-corrected chi connectivity index (χ1v) is 24.4. The maximum atomic E-state index is 15.1. The minimum atomic E-state index is -2.19. The Balaban J connectivity index is 0.851. The summed E-state index contributed by atoms with van der Waals surface area (Å²) in [4.78, 5) is 52.1. The monoisotopic (exact) mass is 919 g/mol. The van der Waals surface area contributed by atoms with Gasteiger partial charge in [-0.25, -0.2) is 13.8 Å². The van der Waals surface area contributed by atoms with Crippen molar-refractivity contribution in [3.05, 3.63) is 87.5 Å². The van der Waals surface area contributed by atoms with Crippen LogP contribution in [0.15, 0.2) is 59.2 Å². The Morgan fingerprint density at radius 3 is 2.36 bits per heavy atom. The summed E-state index contributed by atoms with van der Waals surface area (Å²) in [5.74, 6) is -1.76. The summed E-state index contributed by atoms with van der Waals surface area (Å²) >= 11 is 3.62. The zero-order valence-corrected chi connectivity index (χ0v) is 37.3. The Morgan fingerprint density at radius 1 is 0.951 bits per heavy atom. The van der Waals surface area contributed by atoms with Crippen molar-refractivity contribution in [3.8, 4) is 5.75 Å². The number of piperidine rings is 2. The number of amides is 2. The van der Waals surface area contributed by atoms with Crippen molar-refractivity contribution in [1.29, 1.82) is 0 Å². The molecule has 1 atom stereocenters. The number of methoxy groups -OCH3 is 1. The predicted octanol–water partition coefficient (Wildman–Crippen LogP) is 7.27. The highest BCUT2D eigenvalue weighted by atomic mass is 79.9. The molecule has 4 aliphatic heterocycles. The molecule has 61 heavy (non-hydrogen) atoms. The van der Waals surface area contributed by atoms with E-state index in [-0.39, 0.29) is 18.4 Å². The number of nitrogens with one attached hydrogen (secondary N) is 3. The average molecular weight is 921 g/mol. The van der Waals surface area contributed by atoms with Crippen LogP contribution in [0.5, 0.6) is 5.75 Å².